The number of ketones is 1. The van der Waals surface area contributed by atoms with Gasteiger partial charge in [0.2, 0.25) is 0 Å². The topological polar surface area (TPSA) is 72.5 Å². The van der Waals surface area contributed by atoms with Crippen molar-refractivity contribution < 1.29 is 19.1 Å². The van der Waals surface area contributed by atoms with E-state index >= 15 is 0 Å². The summed E-state index contributed by atoms with van der Waals surface area (Å²) in [7, 11) is 0. The van der Waals surface area contributed by atoms with Crippen LogP contribution in [0.2, 0.25) is 0 Å². The number of anilines is 1. The fraction of sp³-hybridized carbons (Fsp3) is 0.381. The Bertz CT molecular complexity index is 869. The Morgan fingerprint density at radius 2 is 1.93 bits per heavy atom. The number of hydrogen-bond acceptors (Lipinski definition) is 5. The average Bonchev–Trinajstić information content (AvgIpc) is 3.05. The Kier molecular flexibility index (Phi) is 5.75. The normalized spacial score (nSPS) is 16.9. The van der Waals surface area contributed by atoms with Gasteiger partial charge in [-0.2, -0.15) is 0 Å². The van der Waals surface area contributed by atoms with Gasteiger partial charge >= 0.3 is 5.97 Å². The quantitative estimate of drug-likeness (QED) is 0.617. The summed E-state index contributed by atoms with van der Waals surface area (Å²) in [5.41, 5.74) is 2.35. The van der Waals surface area contributed by atoms with Crippen molar-refractivity contribution in [1.29, 1.82) is 0 Å². The number of esters is 1. The molecule has 0 bridgehead atoms. The Morgan fingerprint density at radius 1 is 1.22 bits per heavy atom. The van der Waals surface area contributed by atoms with E-state index in [4.69, 9.17) is 4.74 Å². The molecule has 6 heteroatoms. The summed E-state index contributed by atoms with van der Waals surface area (Å²) in [6.45, 7) is 5.25. The molecule has 1 aromatic heterocycles. The van der Waals surface area contributed by atoms with E-state index in [1.54, 1.807) is 31.2 Å². The molecule has 2 unspecified atom stereocenters. The van der Waals surface area contributed by atoms with Crippen LogP contribution >= 0.6 is 11.3 Å². The Balaban J connectivity index is 1.59. The van der Waals surface area contributed by atoms with Gasteiger partial charge in [0.15, 0.2) is 11.9 Å². The Labute approximate surface area is 162 Å². The standard InChI is InChI=1S/C21H23NO4S/c1-12-4-9-18-16(10-12)11-19(27-18)21(25)26-14(3)20(24)22-17-7-5-15(6-8-17)13(2)23/h5-8,11-12,14H,4,9-10H2,1-3H3,(H,22,24). The van der Waals surface area contributed by atoms with Crippen LogP contribution in [0.1, 0.15) is 57.7 Å². The van der Waals surface area contributed by atoms with Gasteiger partial charge in [-0.25, -0.2) is 4.79 Å². The second-order valence-electron chi connectivity index (χ2n) is 7.08. The molecule has 2 aromatic rings. The van der Waals surface area contributed by atoms with Gasteiger partial charge in [-0.3, -0.25) is 9.59 Å². The number of carbonyl (C=O) groups is 3. The monoisotopic (exact) mass is 385 g/mol. The van der Waals surface area contributed by atoms with Crippen molar-refractivity contribution in [2.75, 3.05) is 5.32 Å². The van der Waals surface area contributed by atoms with Crippen molar-refractivity contribution in [3.05, 3.63) is 51.2 Å². The molecular formula is C21H23NO4S. The molecule has 0 saturated carbocycles. The number of aryl methyl sites for hydroxylation is 1. The molecule has 1 N–H and O–H groups in total. The number of thiophene rings is 1. The summed E-state index contributed by atoms with van der Waals surface area (Å²) in [5, 5.41) is 2.70. The van der Waals surface area contributed by atoms with Crippen LogP contribution < -0.4 is 5.32 Å². The van der Waals surface area contributed by atoms with Crippen LogP contribution in [-0.4, -0.2) is 23.8 Å². The molecule has 1 aliphatic rings. The number of carbonyl (C=O) groups excluding carboxylic acids is 3. The highest BCUT2D eigenvalue weighted by Crippen LogP contribution is 2.32. The van der Waals surface area contributed by atoms with Crippen molar-refractivity contribution >= 4 is 34.7 Å². The van der Waals surface area contributed by atoms with Crippen LogP contribution in [0.15, 0.2) is 30.3 Å². The van der Waals surface area contributed by atoms with Gasteiger partial charge in [-0.05, 0) is 74.9 Å². The van der Waals surface area contributed by atoms with Gasteiger partial charge in [-0.15, -0.1) is 11.3 Å². The fourth-order valence-corrected chi connectivity index (χ4v) is 4.20. The lowest BCUT2D eigenvalue weighted by atomic mass is 9.90. The smallest absolute Gasteiger partial charge is 0.349 e. The van der Waals surface area contributed by atoms with E-state index in [-0.39, 0.29) is 5.78 Å². The van der Waals surface area contributed by atoms with Gasteiger partial charge in [0.25, 0.3) is 5.91 Å². The molecule has 0 spiro atoms. The lowest BCUT2D eigenvalue weighted by Gasteiger charge is -2.16. The van der Waals surface area contributed by atoms with E-state index < -0.39 is 18.0 Å². The van der Waals surface area contributed by atoms with Gasteiger partial charge in [0, 0.05) is 16.1 Å². The zero-order valence-corrected chi connectivity index (χ0v) is 16.5. The lowest BCUT2D eigenvalue weighted by Crippen LogP contribution is -2.29. The molecule has 1 aromatic carbocycles. The minimum Gasteiger partial charge on any atom is -0.448 e. The average molecular weight is 385 g/mol. The van der Waals surface area contributed by atoms with Gasteiger partial charge < -0.3 is 10.1 Å². The Morgan fingerprint density at radius 3 is 2.59 bits per heavy atom. The molecule has 5 nitrogen and oxygen atoms in total. The van der Waals surface area contributed by atoms with Gasteiger partial charge in [0.05, 0.1) is 0 Å². The lowest BCUT2D eigenvalue weighted by molar-refractivity contribution is -0.123. The van der Waals surface area contributed by atoms with Crippen LogP contribution in [-0.2, 0) is 22.4 Å². The number of hydrogen-bond donors (Lipinski definition) is 1. The summed E-state index contributed by atoms with van der Waals surface area (Å²) < 4.78 is 5.34. The summed E-state index contributed by atoms with van der Waals surface area (Å²) >= 11 is 1.47. The van der Waals surface area contributed by atoms with E-state index in [0.29, 0.717) is 22.0 Å². The van der Waals surface area contributed by atoms with Crippen LogP contribution in [0, 0.1) is 5.92 Å². The zero-order valence-electron chi connectivity index (χ0n) is 15.7. The minimum atomic E-state index is -0.914. The van der Waals surface area contributed by atoms with Crippen molar-refractivity contribution in [1.82, 2.24) is 0 Å². The zero-order chi connectivity index (χ0) is 19.6. The third-order valence-corrected chi connectivity index (χ3v) is 5.96. The first-order valence-corrected chi connectivity index (χ1v) is 9.89. The molecular weight excluding hydrogens is 362 g/mol. The summed E-state index contributed by atoms with van der Waals surface area (Å²) in [5.74, 6) is -0.274. The molecule has 2 atom stereocenters. The van der Waals surface area contributed by atoms with Gasteiger partial charge in [0.1, 0.15) is 4.88 Å². The molecule has 3 rings (SSSR count). The van der Waals surface area contributed by atoms with E-state index in [1.807, 2.05) is 6.07 Å². The van der Waals surface area contributed by atoms with Crippen LogP contribution in [0.5, 0.6) is 0 Å². The van der Waals surface area contributed by atoms with Crippen molar-refractivity contribution in [2.45, 2.75) is 46.1 Å². The SMILES string of the molecule is CC(=O)c1ccc(NC(=O)C(C)OC(=O)c2cc3c(s2)CCC(C)C3)cc1. The molecule has 1 heterocycles. The largest absolute Gasteiger partial charge is 0.448 e. The third-order valence-electron chi connectivity index (χ3n) is 4.74. The molecule has 1 amide bonds. The summed E-state index contributed by atoms with van der Waals surface area (Å²) in [4.78, 5) is 37.8. The molecule has 142 valence electrons. The predicted molar refractivity (Wildman–Crippen MR) is 105 cm³/mol. The highest BCUT2D eigenvalue weighted by molar-refractivity contribution is 7.14. The van der Waals surface area contributed by atoms with E-state index in [1.165, 1.54) is 28.7 Å². The highest BCUT2D eigenvalue weighted by atomic mass is 32.1. The second-order valence-corrected chi connectivity index (χ2v) is 8.21. The minimum absolute atomic E-state index is 0.0387. The number of Topliss-reactive ketones (excluding diaryl/α,β-unsaturated/α-hetero) is 1. The number of ether oxygens (including phenoxy) is 1. The van der Waals surface area contributed by atoms with Crippen LogP contribution in [0.4, 0.5) is 5.69 Å². The predicted octanol–water partition coefficient (Wildman–Crippen LogP) is 4.26. The van der Waals surface area contributed by atoms with Crippen molar-refractivity contribution in [3.8, 4) is 0 Å². The molecule has 0 fully saturated rings. The van der Waals surface area contributed by atoms with Crippen LogP contribution in [0.25, 0.3) is 0 Å². The maximum Gasteiger partial charge on any atom is 0.349 e. The van der Waals surface area contributed by atoms with E-state index in [2.05, 4.69) is 12.2 Å². The summed E-state index contributed by atoms with van der Waals surface area (Å²) in [6.07, 6.45) is 2.22. The molecule has 0 aliphatic heterocycles. The number of fused-ring (bicyclic) bond motifs is 1. The first-order valence-electron chi connectivity index (χ1n) is 9.08. The molecule has 0 radical (unpaired) electrons. The maximum absolute atomic E-state index is 12.4. The number of rotatable bonds is 5. The first kappa shape index (κ1) is 19.3. The highest BCUT2D eigenvalue weighted by Gasteiger charge is 2.24. The van der Waals surface area contributed by atoms with Gasteiger partial charge in [-0.1, -0.05) is 6.92 Å². The second kappa shape index (κ2) is 8.05. The maximum atomic E-state index is 12.4. The third kappa shape index (κ3) is 4.63. The van der Waals surface area contributed by atoms with E-state index in [0.717, 1.165) is 19.3 Å². The first-order chi connectivity index (χ1) is 12.8. The number of benzene rings is 1. The van der Waals surface area contributed by atoms with Crippen molar-refractivity contribution in [2.24, 2.45) is 5.92 Å². The number of amides is 1. The summed E-state index contributed by atoms with van der Waals surface area (Å²) in [6, 6.07) is 8.50. The molecule has 27 heavy (non-hydrogen) atoms. The molecule has 1 aliphatic carbocycles. The fourth-order valence-electron chi connectivity index (χ4n) is 3.11. The van der Waals surface area contributed by atoms with Crippen LogP contribution in [0.3, 0.4) is 0 Å². The number of nitrogens with one attached hydrogen (secondary N) is 1. The van der Waals surface area contributed by atoms with Crippen molar-refractivity contribution in [3.63, 3.8) is 0 Å². The molecule has 0 saturated heterocycles. The Hall–Kier alpha value is -2.47. The van der Waals surface area contributed by atoms with E-state index in [9.17, 15) is 14.4 Å².